The summed E-state index contributed by atoms with van der Waals surface area (Å²) in [7, 11) is 2.88. The molecule has 2 heterocycles. The number of nitrogens with one attached hydrogen (secondary N) is 3. The van der Waals surface area contributed by atoms with Crippen LogP contribution in [0.3, 0.4) is 0 Å². The van der Waals surface area contributed by atoms with E-state index in [0.717, 1.165) is 16.9 Å². The third-order valence-corrected chi connectivity index (χ3v) is 6.03. The Morgan fingerprint density at radius 3 is 2.37 bits per heavy atom. The van der Waals surface area contributed by atoms with E-state index in [-0.39, 0.29) is 33.7 Å². The van der Waals surface area contributed by atoms with Crippen LogP contribution in [-0.2, 0) is 5.41 Å². The zero-order chi connectivity index (χ0) is 27.9. The van der Waals surface area contributed by atoms with E-state index in [4.69, 9.17) is 14.2 Å². The molecule has 0 bridgehead atoms. The Hall–Kier alpha value is -3.95. The largest absolute Gasteiger partial charge is 0.479 e. The van der Waals surface area contributed by atoms with E-state index in [9.17, 15) is 10.1 Å². The molecule has 1 amide bonds. The predicted molar refractivity (Wildman–Crippen MR) is 147 cm³/mol. The van der Waals surface area contributed by atoms with Crippen molar-refractivity contribution in [1.82, 2.24) is 20.3 Å². The molecule has 202 valence electrons. The van der Waals surface area contributed by atoms with Crippen LogP contribution in [0.15, 0.2) is 23.6 Å². The Balaban J connectivity index is 1.77. The number of anilines is 2. The van der Waals surface area contributed by atoms with Gasteiger partial charge in [0.15, 0.2) is 5.69 Å². The van der Waals surface area contributed by atoms with Gasteiger partial charge in [0.2, 0.25) is 17.7 Å². The van der Waals surface area contributed by atoms with Crippen molar-refractivity contribution in [2.24, 2.45) is 0 Å². The monoisotopic (exact) mass is 539 g/mol. The van der Waals surface area contributed by atoms with Crippen molar-refractivity contribution in [1.29, 1.82) is 5.26 Å². The Labute approximate surface area is 226 Å². The van der Waals surface area contributed by atoms with Gasteiger partial charge in [-0.3, -0.25) is 4.79 Å². The number of methoxy groups -OCH3 is 2. The number of nitriles is 1. The van der Waals surface area contributed by atoms with Crippen molar-refractivity contribution >= 4 is 28.9 Å². The number of ether oxygens (including phenoxy) is 3. The number of hydrogen-bond donors (Lipinski definition) is 3. The minimum Gasteiger partial charge on any atom is -0.479 e. The summed E-state index contributed by atoms with van der Waals surface area (Å²) in [4.78, 5) is 26.0. The van der Waals surface area contributed by atoms with Crippen molar-refractivity contribution < 1.29 is 19.0 Å². The lowest BCUT2D eigenvalue weighted by molar-refractivity contribution is 0.102. The van der Waals surface area contributed by atoms with Gasteiger partial charge < -0.3 is 30.2 Å². The molecular formula is C26H33N7O4S. The topological polar surface area (TPSA) is 143 Å². The van der Waals surface area contributed by atoms with Crippen LogP contribution in [0, 0.1) is 11.3 Å². The number of carbonyl (C=O) groups is 1. The van der Waals surface area contributed by atoms with Gasteiger partial charge in [0, 0.05) is 24.5 Å². The fraction of sp³-hybridized carbons (Fsp3) is 0.423. The lowest BCUT2D eigenvalue weighted by Gasteiger charge is -2.20. The van der Waals surface area contributed by atoms with Gasteiger partial charge in [0.25, 0.3) is 11.1 Å². The molecular weight excluding hydrogens is 506 g/mol. The third-order valence-electron chi connectivity index (χ3n) is 5.31. The Kier molecular flexibility index (Phi) is 9.44. The first-order chi connectivity index (χ1) is 18.0. The number of nitrogens with zero attached hydrogens (tertiary/aromatic N) is 4. The minimum absolute atomic E-state index is 0.113. The second-order valence-electron chi connectivity index (χ2n) is 9.60. The highest BCUT2D eigenvalue weighted by Crippen LogP contribution is 2.35. The van der Waals surface area contributed by atoms with Gasteiger partial charge in [-0.15, -0.1) is 0 Å². The Morgan fingerprint density at radius 2 is 1.79 bits per heavy atom. The molecule has 0 aliphatic heterocycles. The van der Waals surface area contributed by atoms with Gasteiger partial charge in [-0.05, 0) is 23.1 Å². The zero-order valence-electron chi connectivity index (χ0n) is 22.6. The van der Waals surface area contributed by atoms with E-state index in [0.29, 0.717) is 36.4 Å². The highest BCUT2D eigenvalue weighted by Gasteiger charge is 2.22. The molecule has 3 N–H and O–H groups in total. The van der Waals surface area contributed by atoms with E-state index in [1.54, 1.807) is 11.4 Å². The summed E-state index contributed by atoms with van der Waals surface area (Å²) in [5.41, 5.74) is 1.54. The molecule has 3 aromatic rings. The Bertz CT molecular complexity index is 1290. The summed E-state index contributed by atoms with van der Waals surface area (Å²) >= 11 is 1.14. The molecule has 0 aliphatic rings. The van der Waals surface area contributed by atoms with Gasteiger partial charge in [0.1, 0.15) is 17.5 Å². The maximum atomic E-state index is 13.0. The molecule has 2 aromatic heterocycles. The number of thiazole rings is 1. The van der Waals surface area contributed by atoms with Gasteiger partial charge in [0.05, 0.1) is 19.8 Å². The van der Waals surface area contributed by atoms with Crippen LogP contribution in [0.2, 0.25) is 0 Å². The maximum absolute atomic E-state index is 13.0. The fourth-order valence-electron chi connectivity index (χ4n) is 3.28. The molecule has 1 aromatic carbocycles. The molecule has 11 nitrogen and oxygen atoms in total. The summed E-state index contributed by atoms with van der Waals surface area (Å²) in [6.07, 6.45) is 0. The Morgan fingerprint density at radius 1 is 1.11 bits per heavy atom. The van der Waals surface area contributed by atoms with Crippen molar-refractivity contribution in [3.05, 3.63) is 40.4 Å². The summed E-state index contributed by atoms with van der Waals surface area (Å²) in [6.45, 7) is 11.6. The first-order valence-corrected chi connectivity index (χ1v) is 12.9. The van der Waals surface area contributed by atoms with Gasteiger partial charge in [-0.2, -0.15) is 20.2 Å². The highest BCUT2D eigenvalue weighted by molar-refractivity contribution is 7.11. The number of hydrogen-bond acceptors (Lipinski definition) is 11. The molecule has 12 heteroatoms. The van der Waals surface area contributed by atoms with Crippen LogP contribution in [-0.4, -0.2) is 54.2 Å². The van der Waals surface area contributed by atoms with Crippen LogP contribution in [0.5, 0.6) is 22.7 Å². The molecule has 0 saturated heterocycles. The molecule has 0 spiro atoms. The molecule has 3 rings (SSSR count). The zero-order valence-corrected chi connectivity index (χ0v) is 23.4. The summed E-state index contributed by atoms with van der Waals surface area (Å²) < 4.78 is 16.7. The summed E-state index contributed by atoms with van der Waals surface area (Å²) in [5, 5.41) is 20.4. The normalized spacial score (nSPS) is 11.1. The van der Waals surface area contributed by atoms with Crippen LogP contribution in [0.4, 0.5) is 11.6 Å². The average Bonchev–Trinajstić information content (AvgIpc) is 3.35. The van der Waals surface area contributed by atoms with Crippen molar-refractivity contribution in [2.75, 3.05) is 37.9 Å². The smallest absolute Gasteiger partial charge is 0.279 e. The second kappa shape index (κ2) is 12.5. The highest BCUT2D eigenvalue weighted by atomic mass is 32.1. The van der Waals surface area contributed by atoms with Crippen molar-refractivity contribution in [3.63, 3.8) is 0 Å². The van der Waals surface area contributed by atoms with Gasteiger partial charge in [-0.1, -0.05) is 52.0 Å². The number of carbonyl (C=O) groups excluding carboxylic acids is 1. The van der Waals surface area contributed by atoms with Crippen molar-refractivity contribution in [2.45, 2.75) is 46.1 Å². The van der Waals surface area contributed by atoms with E-state index in [1.807, 2.05) is 12.1 Å². The lowest BCUT2D eigenvalue weighted by atomic mass is 9.86. The van der Waals surface area contributed by atoms with E-state index in [1.165, 1.54) is 14.2 Å². The third kappa shape index (κ3) is 7.30. The molecule has 0 saturated carbocycles. The predicted octanol–water partition coefficient (Wildman–Crippen LogP) is 4.57. The molecule has 0 aliphatic carbocycles. The molecule has 0 atom stereocenters. The van der Waals surface area contributed by atoms with E-state index >= 15 is 0 Å². The maximum Gasteiger partial charge on any atom is 0.279 e. The van der Waals surface area contributed by atoms with E-state index in [2.05, 4.69) is 71.6 Å². The fourth-order valence-corrected chi connectivity index (χ4v) is 3.94. The summed E-state index contributed by atoms with van der Waals surface area (Å²) in [5.74, 6) is 0.423. The number of rotatable bonds is 11. The second-order valence-corrected chi connectivity index (χ2v) is 10.4. The van der Waals surface area contributed by atoms with Crippen molar-refractivity contribution in [3.8, 4) is 28.8 Å². The molecule has 0 radical (unpaired) electrons. The molecule has 0 unspecified atom stereocenters. The summed E-state index contributed by atoms with van der Waals surface area (Å²) in [6, 6.07) is 7.93. The number of aromatic nitrogens is 3. The average molecular weight is 540 g/mol. The molecule has 0 fully saturated rings. The standard InChI is InChI=1S/C26H33N7O4S/c1-15(2)28-10-11-29-24-32-22(35-6)20(23(33-24)36-7)31-21(34)18-14-38-25(30-18)37-19-12-17(26(3,4)5)9-8-16(19)13-27/h8-9,12,14-15,28H,10-11H2,1-7H3,(H,31,34)(H,29,32,33). The minimum atomic E-state index is -0.526. The van der Waals surface area contributed by atoms with Crippen LogP contribution < -0.4 is 30.2 Å². The number of benzene rings is 1. The SMILES string of the molecule is COc1nc(NCCNC(C)C)nc(OC)c1NC(=O)c1csc(Oc2cc(C(C)(C)C)ccc2C#N)n1. The molecule has 38 heavy (non-hydrogen) atoms. The van der Waals surface area contributed by atoms with Crippen LogP contribution in [0.25, 0.3) is 0 Å². The van der Waals surface area contributed by atoms with Crippen LogP contribution in [0.1, 0.15) is 56.2 Å². The van der Waals surface area contributed by atoms with Crippen LogP contribution >= 0.6 is 11.3 Å². The van der Waals surface area contributed by atoms with Gasteiger partial charge in [-0.25, -0.2) is 0 Å². The van der Waals surface area contributed by atoms with E-state index < -0.39 is 5.91 Å². The first kappa shape index (κ1) is 28.6. The first-order valence-electron chi connectivity index (χ1n) is 12.0. The quantitative estimate of drug-likeness (QED) is 0.296. The van der Waals surface area contributed by atoms with Gasteiger partial charge >= 0.3 is 0 Å². The lowest BCUT2D eigenvalue weighted by Crippen LogP contribution is -2.28. The number of amides is 1.